The highest BCUT2D eigenvalue weighted by atomic mass is 16.8. The van der Waals surface area contributed by atoms with Gasteiger partial charge < -0.3 is 190 Å². The highest BCUT2D eigenvalue weighted by Gasteiger charge is 2.60. The molecule has 25 N–H and O–H groups in total. The van der Waals surface area contributed by atoms with Crippen LogP contribution >= 0.6 is 0 Å². The Balaban J connectivity index is 1.06. The molecule has 43 nitrogen and oxygen atoms in total. The van der Waals surface area contributed by atoms with E-state index in [-0.39, 0.29) is 0 Å². The predicted molar refractivity (Wildman–Crippen MR) is 295 cm³/mol. The molecule has 7 saturated heterocycles. The number of rotatable bonds is 26. The van der Waals surface area contributed by atoms with Crippen molar-refractivity contribution >= 4 is 29.6 Å². The maximum absolute atomic E-state index is 12.8. The van der Waals surface area contributed by atoms with Gasteiger partial charge in [-0.05, 0) is 0 Å². The van der Waals surface area contributed by atoms with Crippen molar-refractivity contribution in [3.05, 3.63) is 0 Å². The Morgan fingerprint density at radius 2 is 0.802 bits per heavy atom. The summed E-state index contributed by atoms with van der Waals surface area (Å²) < 4.78 is 75.1. The minimum atomic E-state index is -3.02. The first-order valence-corrected chi connectivity index (χ1v) is 30.2. The first-order chi connectivity index (χ1) is 45.2. The minimum absolute atomic E-state index is 0.728. The van der Waals surface area contributed by atoms with Crippen molar-refractivity contribution in [2.75, 3.05) is 46.2 Å². The summed E-state index contributed by atoms with van der Waals surface area (Å²) in [6, 6.07) is -6.82. The highest BCUT2D eigenvalue weighted by molar-refractivity contribution is 5.77. The lowest BCUT2D eigenvalue weighted by Gasteiger charge is -2.50. The number of amides is 4. The number of aliphatic hydroxyl groups excluding tert-OH is 20. The molecule has 7 aliphatic rings. The fraction of sp³-hybridized carbons (Fsp3) is 0.906. The molecule has 0 aromatic carbocycles. The van der Waals surface area contributed by atoms with E-state index in [4.69, 9.17) is 61.6 Å². The van der Waals surface area contributed by atoms with Crippen LogP contribution in [0.5, 0.6) is 0 Å². The van der Waals surface area contributed by atoms with Crippen molar-refractivity contribution in [2.24, 2.45) is 0 Å². The fourth-order valence-electron chi connectivity index (χ4n) is 12.1. The Labute approximate surface area is 543 Å². The van der Waals surface area contributed by atoms with Gasteiger partial charge in [-0.3, -0.25) is 19.2 Å². The number of ether oxygens (including phenoxy) is 13. The first-order valence-electron chi connectivity index (χ1n) is 30.2. The number of hydrogen-bond acceptors (Lipinski definition) is 38. The van der Waals surface area contributed by atoms with Crippen LogP contribution in [0.15, 0.2) is 0 Å². The number of aliphatic carboxylic acids is 1. The molecule has 7 fully saturated rings. The SMILES string of the molecule is CC(=O)N[C@@H]1[C@@H](O)[C@H](O[C@@H]2O[C@H](CO)[C@@H](O[C@@H]3O[C@H](CO[C@H]4O[C@H](CO)[C@@H](O)[C@H](O)[C@@H]4O[C@@H]4O[C@H](CO)[C@H](O[C@@H]5O[C@H](CO[C@]6(C(=O)O)C[C@H](O)[C@@H](NC(C)=O)[C@H]([C@H](O)[C@H](O)CO)O6)[C@H](O)[C@H](O)[C@H]5O)[C@H](O)[C@H]4NC(C)=O)[C@@H](O)[C@H](O)[C@@H]3O)[C@H](O)[C@H]2NC(C)=O)[C@@H](CO)O[C@H]1O. The molecule has 36 atom stereocenters. The Kier molecular flexibility index (Phi) is 28.2. The lowest BCUT2D eigenvalue weighted by atomic mass is 9.88. The number of carbonyl (C=O) groups is 5. The molecule has 0 aromatic heterocycles. The molecule has 7 aliphatic heterocycles. The van der Waals surface area contributed by atoms with Gasteiger partial charge in [-0.15, -0.1) is 0 Å². The molecule has 96 heavy (non-hydrogen) atoms. The molecule has 0 saturated carbocycles. The lowest BCUT2D eigenvalue weighted by molar-refractivity contribution is -0.381. The Morgan fingerprint density at radius 1 is 0.427 bits per heavy atom. The van der Waals surface area contributed by atoms with E-state index in [2.05, 4.69) is 21.3 Å². The summed E-state index contributed by atoms with van der Waals surface area (Å²) in [7, 11) is 0. The van der Waals surface area contributed by atoms with Crippen molar-refractivity contribution in [3.8, 4) is 0 Å². The zero-order valence-corrected chi connectivity index (χ0v) is 51.6. The number of carboxylic acids is 1. The van der Waals surface area contributed by atoms with Crippen LogP contribution in [0, 0.1) is 0 Å². The summed E-state index contributed by atoms with van der Waals surface area (Å²) in [4.78, 5) is 62.1. The summed E-state index contributed by atoms with van der Waals surface area (Å²) in [6.07, 6.45) is -63.5. The van der Waals surface area contributed by atoms with Crippen LogP contribution in [-0.2, 0) is 85.6 Å². The summed E-state index contributed by atoms with van der Waals surface area (Å²) in [5.74, 6) is -8.33. The van der Waals surface area contributed by atoms with E-state index in [0.29, 0.717) is 0 Å². The standard InChI is InChI=1S/C53H88N4O39/c1-13(63)54-25-17(67)5-53(52(82)83,96-44(25)29(69)18(68)6-58)85-12-24-32(72)37(77)40(80)50(91-24)94-43-22(10-62)89-48(28(35(43)75)57-16(4)66)95-45-38(78)30(70)19(7-59)87-51(45)84-11-23-31(71)36(76)39(79)49(90-23)93-42-21(9-61)88-47(27(34(42)74)56-15(3)65)92-41-20(8-60)86-46(81)26(33(41)73)55-14(2)64/h17-51,58-62,67-81H,5-12H2,1-4H3,(H,54,63)(H,55,64)(H,56,65)(H,57,66)(H,82,83)/t17-,18+,19+,20+,21+,22+,23+,24+,25+,26+,27+,28+,29+,30+,31+,32-,33+,34+,35+,36-,37-,38-,39-,40+,41+,42+,43-,44+,45-,46+,47-,48-,49-,50-,51-,53+/m0/s1. The van der Waals surface area contributed by atoms with Gasteiger partial charge in [0.2, 0.25) is 23.6 Å². The zero-order chi connectivity index (χ0) is 71.3. The molecule has 0 unspecified atom stereocenters. The zero-order valence-electron chi connectivity index (χ0n) is 51.6. The molecule has 0 aliphatic carbocycles. The van der Waals surface area contributed by atoms with Crippen molar-refractivity contribution < 1.29 is 193 Å². The number of carboxylic acid groups (broad SMARTS) is 1. The van der Waals surface area contributed by atoms with E-state index in [1.54, 1.807) is 0 Å². The number of aliphatic hydroxyl groups is 20. The minimum Gasteiger partial charge on any atom is -0.477 e. The average molecular weight is 1410 g/mol. The van der Waals surface area contributed by atoms with Gasteiger partial charge in [0.05, 0.1) is 58.4 Å². The second-order valence-corrected chi connectivity index (χ2v) is 24.0. The van der Waals surface area contributed by atoms with E-state index < -0.39 is 303 Å². The van der Waals surface area contributed by atoms with Gasteiger partial charge >= 0.3 is 5.97 Å². The van der Waals surface area contributed by atoms with Crippen LogP contribution < -0.4 is 21.3 Å². The Hall–Kier alpha value is -3.97. The summed E-state index contributed by atoms with van der Waals surface area (Å²) in [5.41, 5.74) is 0. The molecule has 7 heterocycles. The van der Waals surface area contributed by atoms with Crippen molar-refractivity contribution in [1.82, 2.24) is 21.3 Å². The Bertz CT molecular complexity index is 2540. The van der Waals surface area contributed by atoms with Crippen LogP contribution in [0.25, 0.3) is 0 Å². The molecular weight excluding hydrogens is 1320 g/mol. The van der Waals surface area contributed by atoms with Gasteiger partial charge in [0.15, 0.2) is 37.7 Å². The molecule has 4 amide bonds. The topological polar surface area (TPSA) is 678 Å². The van der Waals surface area contributed by atoms with E-state index >= 15 is 0 Å². The van der Waals surface area contributed by atoms with Crippen molar-refractivity contribution in [2.45, 2.75) is 254 Å². The molecule has 0 spiro atoms. The predicted octanol–water partition coefficient (Wildman–Crippen LogP) is -16.5. The second kappa shape index (κ2) is 34.1. The van der Waals surface area contributed by atoms with Crippen LogP contribution in [0.3, 0.4) is 0 Å². The number of nitrogens with one attached hydrogen (secondary N) is 4. The maximum atomic E-state index is 12.8. The monoisotopic (exact) mass is 1400 g/mol. The molecule has 7 rings (SSSR count). The smallest absolute Gasteiger partial charge is 0.364 e. The Morgan fingerprint density at radius 3 is 1.24 bits per heavy atom. The summed E-state index contributed by atoms with van der Waals surface area (Å²) in [5, 5.41) is 238. The third kappa shape index (κ3) is 17.7. The maximum Gasteiger partial charge on any atom is 0.364 e. The molecule has 43 heteroatoms. The van der Waals surface area contributed by atoms with E-state index in [0.717, 1.165) is 27.7 Å². The van der Waals surface area contributed by atoms with Crippen molar-refractivity contribution in [3.63, 3.8) is 0 Å². The molecule has 0 aromatic rings. The molecule has 554 valence electrons. The average Bonchev–Trinajstić information content (AvgIpc) is 0.761. The third-order valence-corrected chi connectivity index (χ3v) is 17.1. The largest absolute Gasteiger partial charge is 0.477 e. The lowest BCUT2D eigenvalue weighted by Crippen LogP contribution is -2.70. The van der Waals surface area contributed by atoms with Crippen molar-refractivity contribution in [1.29, 1.82) is 0 Å². The van der Waals surface area contributed by atoms with Gasteiger partial charge in [0.25, 0.3) is 5.79 Å². The molecule has 0 radical (unpaired) electrons. The first kappa shape index (κ1) is 79.4. The van der Waals surface area contributed by atoms with Gasteiger partial charge in [-0.25, -0.2) is 4.79 Å². The fourth-order valence-corrected chi connectivity index (χ4v) is 12.1. The highest BCUT2D eigenvalue weighted by Crippen LogP contribution is 2.39. The second-order valence-electron chi connectivity index (χ2n) is 24.0. The number of hydrogen-bond donors (Lipinski definition) is 25. The van der Waals surface area contributed by atoms with Gasteiger partial charge in [-0.1, -0.05) is 0 Å². The summed E-state index contributed by atoms with van der Waals surface area (Å²) in [6.45, 7) is -3.42. The third-order valence-electron chi connectivity index (χ3n) is 17.1. The molecule has 0 bridgehead atoms. The van der Waals surface area contributed by atoms with Crippen LogP contribution in [0.4, 0.5) is 0 Å². The van der Waals surface area contributed by atoms with E-state index in [9.17, 15) is 131 Å². The normalized spacial score (nSPS) is 46.0. The quantitative estimate of drug-likeness (QED) is 0.0382. The van der Waals surface area contributed by atoms with E-state index in [1.807, 2.05) is 0 Å². The van der Waals surface area contributed by atoms with Gasteiger partial charge in [0.1, 0.15) is 165 Å². The van der Waals surface area contributed by atoms with E-state index in [1.165, 1.54) is 0 Å². The molecular formula is C53H88N4O39. The van der Waals surface area contributed by atoms with Crippen LogP contribution in [0.1, 0.15) is 34.1 Å². The van der Waals surface area contributed by atoms with Gasteiger partial charge in [-0.2, -0.15) is 0 Å². The van der Waals surface area contributed by atoms with Crippen LogP contribution in [0.2, 0.25) is 0 Å². The van der Waals surface area contributed by atoms with Gasteiger partial charge in [0, 0.05) is 34.1 Å². The van der Waals surface area contributed by atoms with Crippen LogP contribution in [-0.4, -0.2) is 403 Å². The summed E-state index contributed by atoms with van der Waals surface area (Å²) >= 11 is 0. The number of carbonyl (C=O) groups excluding carboxylic acids is 4.